The number of carbonyl (C=O) groups is 1. The van der Waals surface area contributed by atoms with Crippen LogP contribution in [0.25, 0.3) is 10.4 Å². The molecule has 0 unspecified atom stereocenters. The number of hydrogen-bond acceptors (Lipinski definition) is 10. The maximum Gasteiger partial charge on any atom is 0.132 e. The van der Waals surface area contributed by atoms with Crippen LogP contribution in [0.1, 0.15) is 19.8 Å². The van der Waals surface area contributed by atoms with Gasteiger partial charge in [-0.15, -0.1) is 0 Å². The van der Waals surface area contributed by atoms with Crippen LogP contribution in [0.3, 0.4) is 0 Å². The standard InChI is InChI=1S/C21H41N3O9/c1-21(25)3-6-27-8-10-29-12-14-31-16-18-33-20-19-32-17-15-30-13-11-28-9-7-26-5-2-4-23-24-22/h2-20H2,1H3. The molecule has 194 valence electrons. The summed E-state index contributed by atoms with van der Waals surface area (Å²) in [5, 5.41) is 3.42. The number of azide groups is 1. The minimum Gasteiger partial charge on any atom is -0.379 e. The van der Waals surface area contributed by atoms with Gasteiger partial charge >= 0.3 is 0 Å². The van der Waals surface area contributed by atoms with Crippen LogP contribution in [0.5, 0.6) is 0 Å². The predicted octanol–water partition coefficient (Wildman–Crippen LogP) is 1.80. The second-order valence-electron chi connectivity index (χ2n) is 6.66. The van der Waals surface area contributed by atoms with Crippen molar-refractivity contribution in [3.8, 4) is 0 Å². The average molecular weight is 480 g/mol. The Bertz CT molecular complexity index is 440. The third-order valence-corrected chi connectivity index (χ3v) is 3.81. The molecule has 0 saturated heterocycles. The number of ketones is 1. The lowest BCUT2D eigenvalue weighted by molar-refractivity contribution is -0.118. The quantitative estimate of drug-likeness (QED) is 0.0711. The fourth-order valence-electron chi connectivity index (χ4n) is 2.14. The highest BCUT2D eigenvalue weighted by Crippen LogP contribution is 1.88. The number of Topliss-reactive ketones (excluding diaryl/α,β-unsaturated/α-hetero) is 1. The molecular weight excluding hydrogens is 438 g/mol. The van der Waals surface area contributed by atoms with Gasteiger partial charge in [-0.2, -0.15) is 0 Å². The normalized spacial score (nSPS) is 10.9. The van der Waals surface area contributed by atoms with E-state index in [1.807, 2.05) is 0 Å². The van der Waals surface area contributed by atoms with Crippen LogP contribution in [0.15, 0.2) is 5.11 Å². The van der Waals surface area contributed by atoms with Crippen LogP contribution in [0.2, 0.25) is 0 Å². The largest absolute Gasteiger partial charge is 0.379 e. The molecule has 12 nitrogen and oxygen atoms in total. The molecule has 0 fully saturated rings. The van der Waals surface area contributed by atoms with Crippen LogP contribution >= 0.6 is 0 Å². The van der Waals surface area contributed by atoms with Gasteiger partial charge in [0.25, 0.3) is 0 Å². The molecule has 0 radical (unpaired) electrons. The molecule has 33 heavy (non-hydrogen) atoms. The SMILES string of the molecule is CC(=O)CCOCCOCCOCCOCCOCCOCCOCCOCCCN=[N+]=[N-]. The van der Waals surface area contributed by atoms with E-state index in [0.29, 0.717) is 125 Å². The maximum atomic E-state index is 10.7. The van der Waals surface area contributed by atoms with E-state index in [0.717, 1.165) is 0 Å². The van der Waals surface area contributed by atoms with E-state index < -0.39 is 0 Å². The first-order chi connectivity index (χ1) is 16.3. The van der Waals surface area contributed by atoms with E-state index >= 15 is 0 Å². The molecule has 0 aliphatic carbocycles. The van der Waals surface area contributed by atoms with Crippen LogP contribution in [0, 0.1) is 0 Å². The topological polar surface area (TPSA) is 140 Å². The Balaban J connectivity index is 3.02. The summed E-state index contributed by atoms with van der Waals surface area (Å²) >= 11 is 0. The molecule has 0 amide bonds. The van der Waals surface area contributed by atoms with Crippen LogP contribution in [-0.4, -0.2) is 118 Å². The first-order valence-electron chi connectivity index (χ1n) is 11.4. The fraction of sp³-hybridized carbons (Fsp3) is 0.952. The minimum absolute atomic E-state index is 0.126. The molecule has 0 spiro atoms. The van der Waals surface area contributed by atoms with Gasteiger partial charge in [-0.05, 0) is 18.9 Å². The summed E-state index contributed by atoms with van der Waals surface area (Å²) in [5.41, 5.74) is 8.12. The van der Waals surface area contributed by atoms with Gasteiger partial charge in [0.2, 0.25) is 0 Å². The van der Waals surface area contributed by atoms with Gasteiger partial charge < -0.3 is 37.9 Å². The smallest absolute Gasteiger partial charge is 0.132 e. The Kier molecular flexibility index (Phi) is 27.5. The Morgan fingerprint density at radius 2 is 0.879 bits per heavy atom. The highest BCUT2D eigenvalue weighted by atomic mass is 16.6. The molecule has 0 atom stereocenters. The van der Waals surface area contributed by atoms with Crippen LogP contribution < -0.4 is 0 Å². The summed E-state index contributed by atoms with van der Waals surface area (Å²) in [7, 11) is 0. The molecule has 12 heteroatoms. The van der Waals surface area contributed by atoms with E-state index in [-0.39, 0.29) is 5.78 Å². The van der Waals surface area contributed by atoms with Gasteiger partial charge in [-0.1, -0.05) is 5.11 Å². The molecule has 0 rings (SSSR count). The van der Waals surface area contributed by atoms with Gasteiger partial charge in [0.1, 0.15) is 5.78 Å². The highest BCUT2D eigenvalue weighted by Gasteiger charge is 1.96. The van der Waals surface area contributed by atoms with Gasteiger partial charge in [0, 0.05) is 24.5 Å². The summed E-state index contributed by atoms with van der Waals surface area (Å²) in [6, 6.07) is 0. The molecular formula is C21H41N3O9. The lowest BCUT2D eigenvalue weighted by atomic mass is 10.3. The molecule has 0 heterocycles. The Morgan fingerprint density at radius 1 is 0.576 bits per heavy atom. The number of hydrogen-bond donors (Lipinski definition) is 0. The zero-order chi connectivity index (χ0) is 24.1. The zero-order valence-electron chi connectivity index (χ0n) is 20.0. The van der Waals surface area contributed by atoms with E-state index in [4.69, 9.17) is 43.4 Å². The van der Waals surface area contributed by atoms with Crippen molar-refractivity contribution in [2.75, 3.05) is 112 Å². The van der Waals surface area contributed by atoms with E-state index in [2.05, 4.69) is 10.0 Å². The van der Waals surface area contributed by atoms with Crippen molar-refractivity contribution >= 4 is 5.78 Å². The van der Waals surface area contributed by atoms with E-state index in [1.165, 1.54) is 0 Å². The Hall–Kier alpha value is -1.34. The van der Waals surface area contributed by atoms with Crippen molar-refractivity contribution in [1.82, 2.24) is 0 Å². The van der Waals surface area contributed by atoms with Crippen LogP contribution in [0.4, 0.5) is 0 Å². The lowest BCUT2D eigenvalue weighted by Gasteiger charge is -2.08. The first kappa shape index (κ1) is 31.7. The summed E-state index contributed by atoms with van der Waals surface area (Å²) in [5.74, 6) is 0.126. The number of nitrogens with zero attached hydrogens (tertiary/aromatic N) is 3. The fourth-order valence-corrected chi connectivity index (χ4v) is 2.14. The minimum atomic E-state index is 0.126. The number of carbonyl (C=O) groups excluding carboxylic acids is 1. The summed E-state index contributed by atoms with van der Waals surface area (Å²) in [6.07, 6.45) is 1.16. The van der Waals surface area contributed by atoms with Gasteiger partial charge in [-0.3, -0.25) is 4.79 Å². The third-order valence-electron chi connectivity index (χ3n) is 3.81. The van der Waals surface area contributed by atoms with Gasteiger partial charge in [0.15, 0.2) is 0 Å². The molecule has 0 aromatic carbocycles. The van der Waals surface area contributed by atoms with Gasteiger partial charge in [-0.25, -0.2) is 0 Å². The lowest BCUT2D eigenvalue weighted by Crippen LogP contribution is -2.15. The van der Waals surface area contributed by atoms with Crippen molar-refractivity contribution in [1.29, 1.82) is 0 Å². The van der Waals surface area contributed by atoms with Crippen LogP contribution in [-0.2, 0) is 42.7 Å². The molecule has 0 saturated carbocycles. The van der Waals surface area contributed by atoms with Crippen molar-refractivity contribution < 1.29 is 42.7 Å². The summed E-state index contributed by atoms with van der Waals surface area (Å²) < 4.78 is 42.9. The predicted molar refractivity (Wildman–Crippen MR) is 120 cm³/mol. The van der Waals surface area contributed by atoms with Crippen molar-refractivity contribution in [3.63, 3.8) is 0 Å². The molecule has 0 N–H and O–H groups in total. The van der Waals surface area contributed by atoms with E-state index in [9.17, 15) is 4.79 Å². The number of rotatable bonds is 28. The molecule has 0 bridgehead atoms. The first-order valence-corrected chi connectivity index (χ1v) is 11.4. The Labute approximate surface area is 196 Å². The Morgan fingerprint density at radius 3 is 1.18 bits per heavy atom. The van der Waals surface area contributed by atoms with Crippen molar-refractivity contribution in [2.24, 2.45) is 5.11 Å². The third kappa shape index (κ3) is 30.7. The molecule has 0 aromatic rings. The zero-order valence-corrected chi connectivity index (χ0v) is 20.0. The van der Waals surface area contributed by atoms with Crippen molar-refractivity contribution in [3.05, 3.63) is 10.4 Å². The monoisotopic (exact) mass is 479 g/mol. The number of ether oxygens (including phenoxy) is 8. The highest BCUT2D eigenvalue weighted by molar-refractivity contribution is 5.75. The van der Waals surface area contributed by atoms with E-state index in [1.54, 1.807) is 6.92 Å². The molecule has 0 aliphatic heterocycles. The van der Waals surface area contributed by atoms with Crippen molar-refractivity contribution in [2.45, 2.75) is 19.8 Å². The van der Waals surface area contributed by atoms with Gasteiger partial charge in [0.05, 0.1) is 99.1 Å². The maximum absolute atomic E-state index is 10.7. The average Bonchev–Trinajstić information content (AvgIpc) is 2.80. The summed E-state index contributed by atoms with van der Waals surface area (Å²) in [4.78, 5) is 13.4. The second kappa shape index (κ2) is 28.7. The second-order valence-corrected chi connectivity index (χ2v) is 6.66. The summed E-state index contributed by atoms with van der Waals surface area (Å²) in [6.45, 7) is 10.0. The molecule has 0 aromatic heterocycles. The molecule has 0 aliphatic rings.